The smallest absolute Gasteiger partial charge is 0.257 e. The minimum Gasteiger partial charge on any atom is -0.326 e. The number of H-pyrrole nitrogens is 1. The molecule has 122 valence electrons. The van der Waals surface area contributed by atoms with E-state index in [4.69, 9.17) is 0 Å². The number of rotatable bonds is 2. The molecule has 0 spiro atoms. The van der Waals surface area contributed by atoms with Gasteiger partial charge in [-0.3, -0.25) is 9.59 Å². The Morgan fingerprint density at radius 2 is 1.72 bits per heavy atom. The molecule has 0 aliphatic rings. The quantitative estimate of drug-likeness (QED) is 0.551. The Labute approximate surface area is 143 Å². The number of pyridine rings is 2. The first-order valence-corrected chi connectivity index (χ1v) is 7.91. The Morgan fingerprint density at radius 1 is 1.00 bits per heavy atom. The van der Waals surface area contributed by atoms with E-state index >= 15 is 0 Å². The lowest BCUT2D eigenvalue weighted by Gasteiger charge is -2.10. The van der Waals surface area contributed by atoms with E-state index in [0.717, 1.165) is 27.6 Å². The van der Waals surface area contributed by atoms with E-state index < -0.39 is 0 Å². The van der Waals surface area contributed by atoms with Crippen molar-refractivity contribution in [1.29, 1.82) is 0 Å². The zero-order valence-electron chi connectivity index (χ0n) is 13.5. The molecule has 4 aromatic rings. The fourth-order valence-corrected chi connectivity index (χ4v) is 3.08. The number of benzene rings is 2. The van der Waals surface area contributed by atoms with Crippen molar-refractivity contribution in [2.45, 2.75) is 6.92 Å². The van der Waals surface area contributed by atoms with Crippen LogP contribution in [0.15, 0.2) is 65.6 Å². The van der Waals surface area contributed by atoms with E-state index in [1.54, 1.807) is 6.20 Å². The summed E-state index contributed by atoms with van der Waals surface area (Å²) < 4.78 is 0. The van der Waals surface area contributed by atoms with Crippen LogP contribution < -0.4 is 10.9 Å². The van der Waals surface area contributed by atoms with Crippen LogP contribution in [-0.4, -0.2) is 15.9 Å². The zero-order valence-corrected chi connectivity index (χ0v) is 13.5. The Hall–Kier alpha value is -3.47. The minimum absolute atomic E-state index is 0.106. The maximum atomic E-state index is 12.3. The Kier molecular flexibility index (Phi) is 3.54. The molecular weight excluding hydrogens is 314 g/mol. The molecule has 2 aromatic carbocycles. The predicted octanol–water partition coefficient (Wildman–Crippen LogP) is 3.70. The first-order chi connectivity index (χ1) is 12.1. The van der Waals surface area contributed by atoms with Crippen LogP contribution in [0.25, 0.3) is 32.9 Å². The molecule has 5 nitrogen and oxygen atoms in total. The van der Waals surface area contributed by atoms with Gasteiger partial charge in [-0.2, -0.15) is 0 Å². The molecule has 0 atom stereocenters. The van der Waals surface area contributed by atoms with Crippen molar-refractivity contribution in [2.75, 3.05) is 5.32 Å². The SMILES string of the molecule is CC(=O)Nc1ccc(-c2ccnc3[nH]c(=O)c4ccccc4c23)cc1. The number of hydrogen-bond acceptors (Lipinski definition) is 3. The molecule has 2 aromatic heterocycles. The molecule has 0 aliphatic carbocycles. The number of nitrogens with one attached hydrogen (secondary N) is 2. The van der Waals surface area contributed by atoms with Gasteiger partial charge in [0.1, 0.15) is 5.65 Å². The van der Waals surface area contributed by atoms with Crippen LogP contribution in [0, 0.1) is 0 Å². The predicted molar refractivity (Wildman–Crippen MR) is 99.6 cm³/mol. The number of carbonyl (C=O) groups excluding carboxylic acids is 1. The highest BCUT2D eigenvalue weighted by Gasteiger charge is 2.11. The third-order valence-electron chi connectivity index (χ3n) is 4.14. The van der Waals surface area contributed by atoms with Crippen LogP contribution >= 0.6 is 0 Å². The Balaban J connectivity index is 1.97. The Bertz CT molecular complexity index is 1160. The molecule has 0 fully saturated rings. The van der Waals surface area contributed by atoms with Gasteiger partial charge in [0.15, 0.2) is 0 Å². The van der Waals surface area contributed by atoms with Gasteiger partial charge in [-0.1, -0.05) is 30.3 Å². The molecule has 0 aliphatic heterocycles. The first kappa shape index (κ1) is 15.1. The van der Waals surface area contributed by atoms with Crippen LogP contribution in [0.2, 0.25) is 0 Å². The summed E-state index contributed by atoms with van der Waals surface area (Å²) in [5.74, 6) is -0.106. The van der Waals surface area contributed by atoms with E-state index in [0.29, 0.717) is 11.0 Å². The van der Waals surface area contributed by atoms with Gasteiger partial charge >= 0.3 is 0 Å². The third kappa shape index (κ3) is 2.65. The highest BCUT2D eigenvalue weighted by atomic mass is 16.1. The number of aromatic amines is 1. The van der Waals surface area contributed by atoms with E-state index in [9.17, 15) is 9.59 Å². The maximum Gasteiger partial charge on any atom is 0.257 e. The number of hydrogen-bond donors (Lipinski definition) is 2. The van der Waals surface area contributed by atoms with E-state index in [1.165, 1.54) is 6.92 Å². The minimum atomic E-state index is -0.145. The van der Waals surface area contributed by atoms with Gasteiger partial charge in [0, 0.05) is 29.6 Å². The van der Waals surface area contributed by atoms with E-state index in [1.807, 2.05) is 54.6 Å². The van der Waals surface area contributed by atoms with Crippen molar-refractivity contribution >= 4 is 33.4 Å². The standard InChI is InChI=1S/C20H15N3O2/c1-12(24)22-14-8-6-13(7-9-14)15-10-11-21-19-18(15)16-4-2-3-5-17(16)20(25)23-19/h2-11H,1H3,(H,22,24)(H,21,23,25). The van der Waals surface area contributed by atoms with Crippen molar-refractivity contribution in [1.82, 2.24) is 9.97 Å². The second kappa shape index (κ2) is 5.87. The van der Waals surface area contributed by atoms with Gasteiger partial charge in [-0.05, 0) is 40.8 Å². The second-order valence-electron chi connectivity index (χ2n) is 5.84. The first-order valence-electron chi connectivity index (χ1n) is 7.91. The molecule has 2 N–H and O–H groups in total. The number of amides is 1. The summed E-state index contributed by atoms with van der Waals surface area (Å²) >= 11 is 0. The summed E-state index contributed by atoms with van der Waals surface area (Å²) in [7, 11) is 0. The number of carbonyl (C=O) groups is 1. The van der Waals surface area contributed by atoms with Gasteiger partial charge in [0.2, 0.25) is 5.91 Å². The molecule has 1 amide bonds. The van der Waals surface area contributed by atoms with Gasteiger partial charge < -0.3 is 10.3 Å². The van der Waals surface area contributed by atoms with Crippen LogP contribution in [0.4, 0.5) is 5.69 Å². The molecule has 4 rings (SSSR count). The van der Waals surface area contributed by atoms with Crippen LogP contribution in [0.3, 0.4) is 0 Å². The number of anilines is 1. The lowest BCUT2D eigenvalue weighted by Crippen LogP contribution is -2.07. The van der Waals surface area contributed by atoms with Crippen LogP contribution in [-0.2, 0) is 4.79 Å². The molecule has 0 saturated carbocycles. The monoisotopic (exact) mass is 329 g/mol. The lowest BCUT2D eigenvalue weighted by atomic mass is 9.98. The Morgan fingerprint density at radius 3 is 2.44 bits per heavy atom. The number of aromatic nitrogens is 2. The summed E-state index contributed by atoms with van der Waals surface area (Å²) in [6.07, 6.45) is 1.68. The van der Waals surface area contributed by atoms with Gasteiger partial charge in [0.05, 0.1) is 0 Å². The number of nitrogens with zero attached hydrogens (tertiary/aromatic N) is 1. The average molecular weight is 329 g/mol. The molecular formula is C20H15N3O2. The van der Waals surface area contributed by atoms with Crippen molar-refractivity contribution in [2.24, 2.45) is 0 Å². The van der Waals surface area contributed by atoms with Crippen molar-refractivity contribution in [3.05, 3.63) is 71.1 Å². The zero-order chi connectivity index (χ0) is 17.4. The molecule has 0 saturated heterocycles. The summed E-state index contributed by atoms with van der Waals surface area (Å²) in [4.78, 5) is 30.6. The van der Waals surface area contributed by atoms with Crippen molar-refractivity contribution < 1.29 is 4.79 Å². The molecule has 0 radical (unpaired) electrons. The maximum absolute atomic E-state index is 12.3. The second-order valence-corrected chi connectivity index (χ2v) is 5.84. The lowest BCUT2D eigenvalue weighted by molar-refractivity contribution is -0.114. The van der Waals surface area contributed by atoms with E-state index in [2.05, 4.69) is 15.3 Å². The molecule has 0 bridgehead atoms. The van der Waals surface area contributed by atoms with E-state index in [-0.39, 0.29) is 11.5 Å². The van der Waals surface area contributed by atoms with Crippen molar-refractivity contribution in [3.8, 4) is 11.1 Å². The summed E-state index contributed by atoms with van der Waals surface area (Å²) in [6.45, 7) is 1.48. The molecule has 0 unspecified atom stereocenters. The fourth-order valence-electron chi connectivity index (χ4n) is 3.08. The fraction of sp³-hybridized carbons (Fsp3) is 0.0500. The summed E-state index contributed by atoms with van der Waals surface area (Å²) in [6, 6.07) is 17.0. The van der Waals surface area contributed by atoms with Crippen LogP contribution in [0.1, 0.15) is 6.92 Å². The molecule has 25 heavy (non-hydrogen) atoms. The van der Waals surface area contributed by atoms with Gasteiger partial charge in [-0.15, -0.1) is 0 Å². The summed E-state index contributed by atoms with van der Waals surface area (Å²) in [5.41, 5.74) is 3.12. The topological polar surface area (TPSA) is 74.8 Å². The number of fused-ring (bicyclic) bond motifs is 3. The van der Waals surface area contributed by atoms with Crippen LogP contribution in [0.5, 0.6) is 0 Å². The highest BCUT2D eigenvalue weighted by molar-refractivity contribution is 6.11. The summed E-state index contributed by atoms with van der Waals surface area (Å²) in [5, 5.41) is 5.18. The van der Waals surface area contributed by atoms with Crippen molar-refractivity contribution in [3.63, 3.8) is 0 Å². The highest BCUT2D eigenvalue weighted by Crippen LogP contribution is 2.31. The molecule has 5 heteroatoms. The third-order valence-corrected chi connectivity index (χ3v) is 4.14. The molecule has 2 heterocycles. The van der Waals surface area contributed by atoms with Gasteiger partial charge in [-0.25, -0.2) is 4.98 Å². The normalized spacial score (nSPS) is 10.9. The van der Waals surface area contributed by atoms with Gasteiger partial charge in [0.25, 0.3) is 5.56 Å². The largest absolute Gasteiger partial charge is 0.326 e. The average Bonchev–Trinajstić information content (AvgIpc) is 2.62.